The number of nitrogens with one attached hydrogen (secondary N) is 2. The third-order valence-electron chi connectivity index (χ3n) is 4.00. The third-order valence-corrected chi connectivity index (χ3v) is 4.00. The van der Waals surface area contributed by atoms with Gasteiger partial charge in [-0.05, 0) is 67.1 Å². The van der Waals surface area contributed by atoms with Crippen LogP contribution in [0.4, 0.5) is 16.2 Å². The van der Waals surface area contributed by atoms with Crippen LogP contribution in [0.25, 0.3) is 0 Å². The molecule has 0 heterocycles. The first-order valence-electron chi connectivity index (χ1n) is 7.71. The van der Waals surface area contributed by atoms with E-state index in [1.54, 1.807) is 24.3 Å². The average molecular weight is 309 g/mol. The molecule has 3 rings (SSSR count). The number of hydrogen-bond acceptors (Lipinski definition) is 2. The SMILES string of the molecule is NC(=O)Nc1cccc(NC(=O)c2ccc3c(c2)CCCC3)c1. The van der Waals surface area contributed by atoms with Crippen LogP contribution in [0.15, 0.2) is 42.5 Å². The predicted octanol–water partition coefficient (Wildman–Crippen LogP) is 3.31. The highest BCUT2D eigenvalue weighted by molar-refractivity contribution is 6.04. The lowest BCUT2D eigenvalue weighted by Crippen LogP contribution is -2.19. The van der Waals surface area contributed by atoms with Gasteiger partial charge in [-0.25, -0.2) is 4.79 Å². The average Bonchev–Trinajstić information content (AvgIpc) is 2.54. The number of benzene rings is 2. The number of fused-ring (bicyclic) bond motifs is 1. The van der Waals surface area contributed by atoms with Crippen LogP contribution in [0.1, 0.15) is 34.3 Å². The molecule has 0 spiro atoms. The van der Waals surface area contributed by atoms with Crippen molar-refractivity contribution in [1.82, 2.24) is 0 Å². The monoisotopic (exact) mass is 309 g/mol. The summed E-state index contributed by atoms with van der Waals surface area (Å²) in [7, 11) is 0. The van der Waals surface area contributed by atoms with Gasteiger partial charge in [0, 0.05) is 16.9 Å². The van der Waals surface area contributed by atoms with Gasteiger partial charge in [-0.15, -0.1) is 0 Å². The number of amides is 3. The summed E-state index contributed by atoms with van der Waals surface area (Å²) in [4.78, 5) is 23.3. The fourth-order valence-corrected chi connectivity index (χ4v) is 2.89. The highest BCUT2D eigenvalue weighted by Gasteiger charge is 2.13. The van der Waals surface area contributed by atoms with Gasteiger partial charge in [0.25, 0.3) is 5.91 Å². The topological polar surface area (TPSA) is 84.2 Å². The van der Waals surface area contributed by atoms with Crippen molar-refractivity contribution < 1.29 is 9.59 Å². The quantitative estimate of drug-likeness (QED) is 0.812. The Bertz CT molecular complexity index is 756. The van der Waals surface area contributed by atoms with Gasteiger partial charge in [0.05, 0.1) is 0 Å². The zero-order chi connectivity index (χ0) is 16.2. The molecule has 0 bridgehead atoms. The Morgan fingerprint density at radius 3 is 2.30 bits per heavy atom. The van der Waals surface area contributed by atoms with Crippen molar-refractivity contribution in [2.24, 2.45) is 5.73 Å². The van der Waals surface area contributed by atoms with E-state index in [0.29, 0.717) is 16.9 Å². The van der Waals surface area contributed by atoms with Gasteiger partial charge in [0.1, 0.15) is 0 Å². The molecule has 0 aromatic heterocycles. The molecule has 0 saturated heterocycles. The summed E-state index contributed by atoms with van der Waals surface area (Å²) >= 11 is 0. The van der Waals surface area contributed by atoms with Crippen molar-refractivity contribution in [2.45, 2.75) is 25.7 Å². The molecule has 5 heteroatoms. The highest BCUT2D eigenvalue weighted by Crippen LogP contribution is 2.23. The lowest BCUT2D eigenvalue weighted by Gasteiger charge is -2.16. The van der Waals surface area contributed by atoms with E-state index in [9.17, 15) is 9.59 Å². The fourth-order valence-electron chi connectivity index (χ4n) is 2.89. The molecule has 5 nitrogen and oxygen atoms in total. The minimum atomic E-state index is -0.636. The van der Waals surface area contributed by atoms with E-state index in [-0.39, 0.29) is 5.91 Å². The maximum absolute atomic E-state index is 12.4. The highest BCUT2D eigenvalue weighted by atomic mass is 16.2. The van der Waals surface area contributed by atoms with Crippen molar-refractivity contribution in [3.8, 4) is 0 Å². The summed E-state index contributed by atoms with van der Waals surface area (Å²) in [6.45, 7) is 0. The van der Waals surface area contributed by atoms with Crippen LogP contribution in [-0.2, 0) is 12.8 Å². The second-order valence-electron chi connectivity index (χ2n) is 5.71. The lowest BCUT2D eigenvalue weighted by molar-refractivity contribution is 0.102. The summed E-state index contributed by atoms with van der Waals surface area (Å²) in [6, 6.07) is 12.1. The van der Waals surface area contributed by atoms with Crippen LogP contribution in [0.2, 0.25) is 0 Å². The first-order valence-corrected chi connectivity index (χ1v) is 7.71. The van der Waals surface area contributed by atoms with Gasteiger partial charge < -0.3 is 16.4 Å². The normalized spacial score (nSPS) is 13.0. The maximum Gasteiger partial charge on any atom is 0.316 e. The number of carbonyl (C=O) groups is 2. The summed E-state index contributed by atoms with van der Waals surface area (Å²) < 4.78 is 0. The Labute approximate surface area is 134 Å². The van der Waals surface area contributed by atoms with E-state index in [4.69, 9.17) is 5.73 Å². The second kappa shape index (κ2) is 6.52. The number of primary amides is 1. The first-order chi connectivity index (χ1) is 11.1. The summed E-state index contributed by atoms with van der Waals surface area (Å²) in [5, 5.41) is 5.33. The fraction of sp³-hybridized carbons (Fsp3) is 0.222. The molecule has 23 heavy (non-hydrogen) atoms. The predicted molar refractivity (Wildman–Crippen MR) is 90.7 cm³/mol. The van der Waals surface area contributed by atoms with Crippen LogP contribution in [0.5, 0.6) is 0 Å². The molecule has 0 atom stereocenters. The largest absolute Gasteiger partial charge is 0.351 e. The van der Waals surface area contributed by atoms with Crippen molar-refractivity contribution in [3.63, 3.8) is 0 Å². The Kier molecular flexibility index (Phi) is 4.28. The molecule has 4 N–H and O–H groups in total. The Hall–Kier alpha value is -2.82. The van der Waals surface area contributed by atoms with Gasteiger partial charge in [-0.1, -0.05) is 12.1 Å². The van der Waals surface area contributed by atoms with E-state index < -0.39 is 6.03 Å². The Balaban J connectivity index is 1.75. The number of nitrogens with two attached hydrogens (primary N) is 1. The van der Waals surface area contributed by atoms with E-state index in [2.05, 4.69) is 16.7 Å². The minimum Gasteiger partial charge on any atom is -0.351 e. The Morgan fingerprint density at radius 2 is 1.57 bits per heavy atom. The van der Waals surface area contributed by atoms with Crippen molar-refractivity contribution in [2.75, 3.05) is 10.6 Å². The van der Waals surface area contributed by atoms with Crippen molar-refractivity contribution in [1.29, 1.82) is 0 Å². The van der Waals surface area contributed by atoms with E-state index in [1.165, 1.54) is 24.0 Å². The molecule has 1 aliphatic carbocycles. The third kappa shape index (κ3) is 3.69. The van der Waals surface area contributed by atoms with Crippen LogP contribution in [0, 0.1) is 0 Å². The van der Waals surface area contributed by atoms with E-state index >= 15 is 0 Å². The number of hydrogen-bond donors (Lipinski definition) is 3. The number of rotatable bonds is 3. The Morgan fingerprint density at radius 1 is 0.870 bits per heavy atom. The molecule has 118 valence electrons. The molecule has 3 amide bonds. The van der Waals surface area contributed by atoms with Gasteiger partial charge >= 0.3 is 6.03 Å². The standard InChI is InChI=1S/C18H19N3O2/c19-18(23)21-16-7-3-6-15(11-16)20-17(22)14-9-8-12-4-1-2-5-13(12)10-14/h3,6-11H,1-2,4-5H2,(H,20,22)(H3,19,21,23). The molecule has 0 fully saturated rings. The number of anilines is 2. The van der Waals surface area contributed by atoms with Crippen LogP contribution < -0.4 is 16.4 Å². The zero-order valence-electron chi connectivity index (χ0n) is 12.8. The second-order valence-corrected chi connectivity index (χ2v) is 5.71. The number of aryl methyl sites for hydroxylation is 2. The van der Waals surface area contributed by atoms with Gasteiger partial charge in [-0.3, -0.25) is 4.79 Å². The summed E-state index contributed by atoms with van der Waals surface area (Å²) in [5.74, 6) is -0.158. The smallest absolute Gasteiger partial charge is 0.316 e. The first kappa shape index (κ1) is 15.1. The minimum absolute atomic E-state index is 0.158. The van der Waals surface area contributed by atoms with E-state index in [0.717, 1.165) is 12.8 Å². The lowest BCUT2D eigenvalue weighted by atomic mass is 9.90. The molecular weight excluding hydrogens is 290 g/mol. The van der Waals surface area contributed by atoms with Gasteiger partial charge in [0.2, 0.25) is 0 Å². The molecule has 0 radical (unpaired) electrons. The maximum atomic E-state index is 12.4. The van der Waals surface area contributed by atoms with E-state index in [1.807, 2.05) is 12.1 Å². The molecular formula is C18H19N3O2. The van der Waals surface area contributed by atoms with Crippen LogP contribution in [0.3, 0.4) is 0 Å². The molecule has 0 saturated carbocycles. The van der Waals surface area contributed by atoms with Gasteiger partial charge in [-0.2, -0.15) is 0 Å². The summed E-state index contributed by atoms with van der Waals surface area (Å²) in [5.41, 5.74) is 9.52. The molecule has 0 aliphatic heterocycles. The van der Waals surface area contributed by atoms with Crippen molar-refractivity contribution >= 4 is 23.3 Å². The molecule has 2 aromatic rings. The molecule has 2 aromatic carbocycles. The molecule has 1 aliphatic rings. The zero-order valence-corrected chi connectivity index (χ0v) is 12.8. The molecule has 0 unspecified atom stereocenters. The summed E-state index contributed by atoms with van der Waals surface area (Å²) in [6.07, 6.45) is 4.53. The van der Waals surface area contributed by atoms with Gasteiger partial charge in [0.15, 0.2) is 0 Å². The number of carbonyl (C=O) groups excluding carboxylic acids is 2. The van der Waals surface area contributed by atoms with Crippen LogP contribution in [-0.4, -0.2) is 11.9 Å². The number of urea groups is 1. The van der Waals surface area contributed by atoms with Crippen molar-refractivity contribution in [3.05, 3.63) is 59.2 Å². The van der Waals surface area contributed by atoms with Crippen LogP contribution >= 0.6 is 0 Å².